The fraction of sp³-hybridized carbons (Fsp3) is 0.889. The minimum Gasteiger partial charge on any atom is -0.103 e. The molecule has 0 aromatic rings. The van der Waals surface area contributed by atoms with Crippen LogP contribution in [0.2, 0.25) is 0 Å². The molecule has 0 radical (unpaired) electrons. The highest BCUT2D eigenvalue weighted by Gasteiger charge is 2.03. The molecule has 0 aromatic heterocycles. The van der Waals surface area contributed by atoms with Crippen LogP contribution in [0.3, 0.4) is 0 Å². The second-order valence-corrected chi connectivity index (χ2v) is 5.77. The van der Waals surface area contributed by atoms with Crippen LogP contribution in [-0.2, 0) is 0 Å². The van der Waals surface area contributed by atoms with Crippen LogP contribution in [0, 0.1) is 5.92 Å². The summed E-state index contributed by atoms with van der Waals surface area (Å²) in [6, 6.07) is 0. The molecule has 108 valence electrons. The first-order valence-corrected chi connectivity index (χ1v) is 8.46. The van der Waals surface area contributed by atoms with Crippen molar-refractivity contribution < 1.29 is 0 Å². The van der Waals surface area contributed by atoms with Gasteiger partial charge in [0.1, 0.15) is 0 Å². The van der Waals surface area contributed by atoms with E-state index in [1.165, 1.54) is 83.5 Å². The first-order chi connectivity index (χ1) is 8.85. The summed E-state index contributed by atoms with van der Waals surface area (Å²) in [6.07, 6.45) is 20.5. The molecular formula is C18H36. The number of unbranched alkanes of at least 4 members (excludes halogenated alkanes) is 9. The van der Waals surface area contributed by atoms with E-state index in [2.05, 4.69) is 26.5 Å². The van der Waals surface area contributed by atoms with Crippen LogP contribution in [-0.4, -0.2) is 0 Å². The number of hydrogen-bond acceptors (Lipinski definition) is 0. The summed E-state index contributed by atoms with van der Waals surface area (Å²) in [5, 5.41) is 0. The van der Waals surface area contributed by atoms with Crippen molar-refractivity contribution in [3.8, 4) is 0 Å². The standard InChI is InChI=1S/C18H36/c1-4-7-8-9-10-11-12-13-14-15-17-18(6-3)16-5-2/h5,18H,2,4,6-17H2,1,3H3/t18-/m0/s1. The van der Waals surface area contributed by atoms with Gasteiger partial charge in [0.25, 0.3) is 0 Å². The van der Waals surface area contributed by atoms with E-state index in [-0.39, 0.29) is 0 Å². The lowest BCUT2D eigenvalue weighted by Gasteiger charge is -2.11. The fourth-order valence-electron chi connectivity index (χ4n) is 2.64. The highest BCUT2D eigenvalue weighted by molar-refractivity contribution is 4.72. The van der Waals surface area contributed by atoms with Crippen molar-refractivity contribution in [2.75, 3.05) is 0 Å². The average molecular weight is 252 g/mol. The smallest absolute Gasteiger partial charge is 0.0325 e. The highest BCUT2D eigenvalue weighted by atomic mass is 14.1. The minimum atomic E-state index is 0.900. The van der Waals surface area contributed by atoms with Gasteiger partial charge in [0.15, 0.2) is 0 Å². The van der Waals surface area contributed by atoms with Crippen LogP contribution in [0.1, 0.15) is 97.3 Å². The van der Waals surface area contributed by atoms with Gasteiger partial charge >= 0.3 is 0 Å². The molecule has 0 aliphatic carbocycles. The van der Waals surface area contributed by atoms with Crippen molar-refractivity contribution >= 4 is 0 Å². The van der Waals surface area contributed by atoms with Gasteiger partial charge in [-0.05, 0) is 12.3 Å². The summed E-state index contributed by atoms with van der Waals surface area (Å²) in [6.45, 7) is 8.45. The SMILES string of the molecule is C=CC[C@H](CC)CCCCCCCCCCCC. The quantitative estimate of drug-likeness (QED) is 0.233. The molecule has 0 heterocycles. The molecule has 0 N–H and O–H groups in total. The molecule has 0 unspecified atom stereocenters. The van der Waals surface area contributed by atoms with E-state index in [1.807, 2.05) is 0 Å². The highest BCUT2D eigenvalue weighted by Crippen LogP contribution is 2.18. The molecule has 1 atom stereocenters. The zero-order chi connectivity index (χ0) is 13.5. The van der Waals surface area contributed by atoms with E-state index in [1.54, 1.807) is 0 Å². The van der Waals surface area contributed by atoms with Gasteiger partial charge in [-0.15, -0.1) is 6.58 Å². The van der Waals surface area contributed by atoms with Crippen LogP contribution in [0.25, 0.3) is 0 Å². The van der Waals surface area contributed by atoms with Gasteiger partial charge in [-0.1, -0.05) is 97.0 Å². The molecule has 0 rings (SSSR count). The Labute approximate surface area is 116 Å². The van der Waals surface area contributed by atoms with E-state index in [4.69, 9.17) is 0 Å². The third-order valence-electron chi connectivity index (χ3n) is 4.04. The Kier molecular flexibility index (Phi) is 14.6. The molecule has 0 amide bonds. The van der Waals surface area contributed by atoms with Crippen molar-refractivity contribution in [3.63, 3.8) is 0 Å². The zero-order valence-electron chi connectivity index (χ0n) is 13.1. The maximum Gasteiger partial charge on any atom is -0.0325 e. The third kappa shape index (κ3) is 12.2. The molecule has 0 aliphatic heterocycles. The lowest BCUT2D eigenvalue weighted by atomic mass is 9.95. The molecule has 18 heavy (non-hydrogen) atoms. The van der Waals surface area contributed by atoms with Gasteiger partial charge in [-0.2, -0.15) is 0 Å². The molecule has 0 saturated carbocycles. The van der Waals surface area contributed by atoms with Crippen molar-refractivity contribution in [2.45, 2.75) is 97.3 Å². The molecular weight excluding hydrogens is 216 g/mol. The Bertz CT molecular complexity index is 159. The predicted molar refractivity (Wildman–Crippen MR) is 85.1 cm³/mol. The van der Waals surface area contributed by atoms with Crippen LogP contribution in [0.4, 0.5) is 0 Å². The summed E-state index contributed by atoms with van der Waals surface area (Å²) in [7, 11) is 0. The van der Waals surface area contributed by atoms with E-state index >= 15 is 0 Å². The second-order valence-electron chi connectivity index (χ2n) is 5.77. The summed E-state index contributed by atoms with van der Waals surface area (Å²) in [5.41, 5.74) is 0. The maximum absolute atomic E-state index is 3.85. The van der Waals surface area contributed by atoms with Gasteiger partial charge in [0, 0.05) is 0 Å². The van der Waals surface area contributed by atoms with Crippen LogP contribution >= 0.6 is 0 Å². The van der Waals surface area contributed by atoms with Gasteiger partial charge in [0.2, 0.25) is 0 Å². The summed E-state index contributed by atoms with van der Waals surface area (Å²) in [5.74, 6) is 0.900. The van der Waals surface area contributed by atoms with Crippen molar-refractivity contribution in [3.05, 3.63) is 12.7 Å². The Morgan fingerprint density at radius 3 is 1.72 bits per heavy atom. The normalized spacial score (nSPS) is 12.6. The summed E-state index contributed by atoms with van der Waals surface area (Å²) < 4.78 is 0. The lowest BCUT2D eigenvalue weighted by molar-refractivity contribution is 0.441. The van der Waals surface area contributed by atoms with Gasteiger partial charge < -0.3 is 0 Å². The van der Waals surface area contributed by atoms with E-state index in [0.717, 1.165) is 5.92 Å². The maximum atomic E-state index is 3.85. The first-order valence-electron chi connectivity index (χ1n) is 8.46. The molecule has 0 saturated heterocycles. The lowest BCUT2D eigenvalue weighted by Crippen LogP contribution is -1.96. The number of hydrogen-bond donors (Lipinski definition) is 0. The first kappa shape index (κ1) is 17.7. The van der Waals surface area contributed by atoms with Gasteiger partial charge in [-0.25, -0.2) is 0 Å². The van der Waals surface area contributed by atoms with E-state index < -0.39 is 0 Å². The Hall–Kier alpha value is -0.260. The molecule has 0 nitrogen and oxygen atoms in total. The average Bonchev–Trinajstić information content (AvgIpc) is 2.39. The number of allylic oxidation sites excluding steroid dienone is 1. The number of rotatable bonds is 14. The summed E-state index contributed by atoms with van der Waals surface area (Å²) >= 11 is 0. The fourth-order valence-corrected chi connectivity index (χ4v) is 2.64. The molecule has 0 aromatic carbocycles. The van der Waals surface area contributed by atoms with E-state index in [0.29, 0.717) is 0 Å². The van der Waals surface area contributed by atoms with Crippen molar-refractivity contribution in [2.24, 2.45) is 5.92 Å². The topological polar surface area (TPSA) is 0 Å². The molecule has 0 spiro atoms. The van der Waals surface area contributed by atoms with Crippen molar-refractivity contribution in [1.82, 2.24) is 0 Å². The predicted octanol–water partition coefficient (Wildman–Crippen LogP) is 6.90. The van der Waals surface area contributed by atoms with Crippen molar-refractivity contribution in [1.29, 1.82) is 0 Å². The zero-order valence-corrected chi connectivity index (χ0v) is 13.1. The Morgan fingerprint density at radius 2 is 1.28 bits per heavy atom. The monoisotopic (exact) mass is 252 g/mol. The van der Waals surface area contributed by atoms with Crippen LogP contribution in [0.5, 0.6) is 0 Å². The molecule has 0 aliphatic rings. The minimum absolute atomic E-state index is 0.900. The molecule has 0 bridgehead atoms. The third-order valence-corrected chi connectivity index (χ3v) is 4.04. The molecule has 0 fully saturated rings. The van der Waals surface area contributed by atoms with E-state index in [9.17, 15) is 0 Å². The van der Waals surface area contributed by atoms with Gasteiger partial charge in [0.05, 0.1) is 0 Å². The summed E-state index contributed by atoms with van der Waals surface area (Å²) in [4.78, 5) is 0. The Balaban J connectivity index is 3.12. The molecule has 0 heteroatoms. The van der Waals surface area contributed by atoms with Crippen LogP contribution < -0.4 is 0 Å². The van der Waals surface area contributed by atoms with Gasteiger partial charge in [-0.3, -0.25) is 0 Å². The Morgan fingerprint density at radius 1 is 0.778 bits per heavy atom. The largest absolute Gasteiger partial charge is 0.103 e. The second kappa shape index (κ2) is 14.8. The van der Waals surface area contributed by atoms with Crippen LogP contribution in [0.15, 0.2) is 12.7 Å².